The number of benzene rings is 2. The molecule has 0 bridgehead atoms. The molecule has 0 radical (unpaired) electrons. The fourth-order valence-electron chi connectivity index (χ4n) is 3.05. The number of amides is 3. The summed E-state index contributed by atoms with van der Waals surface area (Å²) in [5.41, 5.74) is 2.25. The van der Waals surface area contributed by atoms with Crippen molar-refractivity contribution >= 4 is 46.5 Å². The van der Waals surface area contributed by atoms with Crippen LogP contribution in [0.25, 0.3) is 6.08 Å². The van der Waals surface area contributed by atoms with Crippen LogP contribution < -0.4 is 5.32 Å². The van der Waals surface area contributed by atoms with Crippen molar-refractivity contribution in [1.29, 1.82) is 0 Å². The van der Waals surface area contributed by atoms with Crippen LogP contribution in [0.3, 0.4) is 0 Å². The second kappa shape index (κ2) is 9.80. The number of rotatable bonds is 7. The van der Waals surface area contributed by atoms with Crippen LogP contribution in [-0.2, 0) is 11.3 Å². The molecular formula is C22H18ClN5O3S. The largest absolute Gasteiger partial charge is 0.350 e. The molecule has 3 aromatic rings. The van der Waals surface area contributed by atoms with Crippen LogP contribution >= 0.6 is 23.4 Å². The Labute approximate surface area is 193 Å². The minimum Gasteiger partial charge on any atom is -0.350 e. The van der Waals surface area contributed by atoms with E-state index >= 15 is 0 Å². The molecular weight excluding hydrogens is 450 g/mol. The van der Waals surface area contributed by atoms with Gasteiger partial charge in [0, 0.05) is 23.7 Å². The molecule has 0 spiro atoms. The number of nitrogens with one attached hydrogen (secondary N) is 1. The molecule has 32 heavy (non-hydrogen) atoms. The second-order valence-electron chi connectivity index (χ2n) is 6.93. The number of halogens is 1. The molecule has 1 aromatic heterocycles. The van der Waals surface area contributed by atoms with Crippen molar-refractivity contribution in [1.82, 2.24) is 25.0 Å². The van der Waals surface area contributed by atoms with Crippen LogP contribution in [0.5, 0.6) is 0 Å². The Kier molecular flexibility index (Phi) is 6.67. The highest BCUT2D eigenvalue weighted by Crippen LogP contribution is 2.32. The number of aromatic nitrogens is 3. The normalized spacial score (nSPS) is 14.9. The summed E-state index contributed by atoms with van der Waals surface area (Å²) in [5, 5.41) is 7.03. The maximum Gasteiger partial charge on any atom is 0.293 e. The molecule has 2 heterocycles. The predicted molar refractivity (Wildman–Crippen MR) is 122 cm³/mol. The highest BCUT2D eigenvalue weighted by molar-refractivity contribution is 8.18. The molecule has 8 nitrogen and oxygen atoms in total. The Balaban J connectivity index is 1.30. The van der Waals surface area contributed by atoms with Gasteiger partial charge in [0.1, 0.15) is 12.7 Å². The topological polar surface area (TPSA) is 97.2 Å². The standard InChI is InChI=1S/C22H18ClN5O3S/c23-18-7-3-15(4-8-18)11-19-21(30)28(22(31)32-19)10-9-25-20(29)17-5-1-16(2-6-17)12-27-14-24-13-26-27/h1-8,11,13-14H,9-10,12H2,(H,25,29)/b19-11-. The zero-order valence-corrected chi connectivity index (χ0v) is 18.3. The first-order valence-electron chi connectivity index (χ1n) is 9.70. The van der Waals surface area contributed by atoms with Gasteiger partial charge in [0.25, 0.3) is 17.1 Å². The molecule has 1 fully saturated rings. The van der Waals surface area contributed by atoms with Crippen molar-refractivity contribution in [3.05, 3.63) is 87.8 Å². The van der Waals surface area contributed by atoms with E-state index in [1.807, 2.05) is 12.1 Å². The number of nitrogens with zero attached hydrogens (tertiary/aromatic N) is 4. The minimum absolute atomic E-state index is 0.0960. The quantitative estimate of drug-likeness (QED) is 0.534. The summed E-state index contributed by atoms with van der Waals surface area (Å²) < 4.78 is 1.69. The Hall–Kier alpha value is -3.43. The molecule has 1 N–H and O–H groups in total. The van der Waals surface area contributed by atoms with E-state index in [1.54, 1.807) is 53.5 Å². The first kappa shape index (κ1) is 21.8. The summed E-state index contributed by atoms with van der Waals surface area (Å²) in [6.07, 6.45) is 4.74. The zero-order chi connectivity index (χ0) is 22.5. The first-order valence-corrected chi connectivity index (χ1v) is 10.9. The lowest BCUT2D eigenvalue weighted by Gasteiger charge is -2.13. The maximum atomic E-state index is 12.6. The maximum absolute atomic E-state index is 12.6. The Morgan fingerprint density at radius 3 is 2.53 bits per heavy atom. The molecule has 10 heteroatoms. The Bertz CT molecular complexity index is 1160. The van der Waals surface area contributed by atoms with Gasteiger partial charge in [-0.2, -0.15) is 5.10 Å². The molecule has 1 aliphatic heterocycles. The van der Waals surface area contributed by atoms with Gasteiger partial charge in [-0.05, 0) is 53.2 Å². The van der Waals surface area contributed by atoms with E-state index in [9.17, 15) is 14.4 Å². The number of carbonyl (C=O) groups is 3. The average molecular weight is 468 g/mol. The molecule has 2 aromatic carbocycles. The van der Waals surface area contributed by atoms with Crippen molar-refractivity contribution in [2.75, 3.05) is 13.1 Å². The van der Waals surface area contributed by atoms with Crippen LogP contribution in [0.15, 0.2) is 66.1 Å². The van der Waals surface area contributed by atoms with Gasteiger partial charge in [0.2, 0.25) is 0 Å². The molecule has 3 amide bonds. The highest BCUT2D eigenvalue weighted by Gasteiger charge is 2.34. The van der Waals surface area contributed by atoms with Crippen molar-refractivity contribution in [3.8, 4) is 0 Å². The molecule has 162 valence electrons. The summed E-state index contributed by atoms with van der Waals surface area (Å²) >= 11 is 6.75. The van der Waals surface area contributed by atoms with Crippen molar-refractivity contribution in [3.63, 3.8) is 0 Å². The first-order chi connectivity index (χ1) is 15.5. The lowest BCUT2D eigenvalue weighted by Crippen LogP contribution is -2.37. The molecule has 1 saturated heterocycles. The van der Waals surface area contributed by atoms with Crippen molar-refractivity contribution < 1.29 is 14.4 Å². The van der Waals surface area contributed by atoms with Gasteiger partial charge >= 0.3 is 0 Å². The van der Waals surface area contributed by atoms with E-state index in [-0.39, 0.29) is 30.1 Å². The number of thioether (sulfide) groups is 1. The second-order valence-corrected chi connectivity index (χ2v) is 8.36. The zero-order valence-electron chi connectivity index (χ0n) is 16.8. The fraction of sp³-hybridized carbons (Fsp3) is 0.136. The summed E-state index contributed by atoms with van der Waals surface area (Å²) in [7, 11) is 0. The van der Waals surface area contributed by atoms with Crippen LogP contribution in [0.4, 0.5) is 4.79 Å². The predicted octanol–water partition coefficient (Wildman–Crippen LogP) is 3.45. The molecule has 0 unspecified atom stereocenters. The molecule has 0 saturated carbocycles. The Morgan fingerprint density at radius 1 is 1.09 bits per heavy atom. The van der Waals surface area contributed by atoms with Crippen LogP contribution in [0.2, 0.25) is 5.02 Å². The van der Waals surface area contributed by atoms with Gasteiger partial charge in [0.05, 0.1) is 11.4 Å². The summed E-state index contributed by atoms with van der Waals surface area (Å²) in [6, 6.07) is 14.1. The van der Waals surface area contributed by atoms with Gasteiger partial charge in [-0.1, -0.05) is 35.9 Å². The van der Waals surface area contributed by atoms with Gasteiger partial charge in [-0.25, -0.2) is 9.67 Å². The lowest BCUT2D eigenvalue weighted by molar-refractivity contribution is -0.122. The molecule has 0 atom stereocenters. The van der Waals surface area contributed by atoms with Gasteiger partial charge in [0.15, 0.2) is 0 Å². The van der Waals surface area contributed by atoms with Gasteiger partial charge in [-0.15, -0.1) is 0 Å². The van der Waals surface area contributed by atoms with Crippen LogP contribution in [0, 0.1) is 0 Å². The molecule has 1 aliphatic rings. The number of carbonyl (C=O) groups excluding carboxylic acids is 3. The van der Waals surface area contributed by atoms with E-state index in [1.165, 1.54) is 6.33 Å². The van der Waals surface area contributed by atoms with E-state index < -0.39 is 0 Å². The number of hydrogen-bond donors (Lipinski definition) is 1. The third kappa shape index (κ3) is 5.24. The minimum atomic E-state index is -0.373. The molecule has 4 rings (SSSR count). The van der Waals surface area contributed by atoms with Crippen LogP contribution in [0.1, 0.15) is 21.5 Å². The van der Waals surface area contributed by atoms with E-state index in [0.717, 1.165) is 27.8 Å². The van der Waals surface area contributed by atoms with E-state index in [2.05, 4.69) is 15.4 Å². The Morgan fingerprint density at radius 2 is 1.84 bits per heavy atom. The van der Waals surface area contributed by atoms with E-state index in [4.69, 9.17) is 11.6 Å². The van der Waals surface area contributed by atoms with Crippen molar-refractivity contribution in [2.45, 2.75) is 6.54 Å². The van der Waals surface area contributed by atoms with Crippen molar-refractivity contribution in [2.24, 2.45) is 0 Å². The van der Waals surface area contributed by atoms with Gasteiger partial charge < -0.3 is 5.32 Å². The highest BCUT2D eigenvalue weighted by atomic mass is 35.5. The third-order valence-corrected chi connectivity index (χ3v) is 5.85. The summed E-state index contributed by atoms with van der Waals surface area (Å²) in [4.78, 5) is 42.6. The van der Waals surface area contributed by atoms with Crippen LogP contribution in [-0.4, -0.2) is 49.8 Å². The van der Waals surface area contributed by atoms with E-state index in [0.29, 0.717) is 22.0 Å². The number of imide groups is 1. The fourth-order valence-corrected chi connectivity index (χ4v) is 4.04. The smallest absolute Gasteiger partial charge is 0.293 e. The molecule has 0 aliphatic carbocycles. The SMILES string of the molecule is O=C(NCCN1C(=O)S/C(=C\c2ccc(Cl)cc2)C1=O)c1ccc(Cn2cncn2)cc1. The summed E-state index contributed by atoms with van der Waals surface area (Å²) in [6.45, 7) is 0.815. The average Bonchev–Trinajstić information content (AvgIpc) is 3.39. The number of hydrogen-bond acceptors (Lipinski definition) is 6. The third-order valence-electron chi connectivity index (χ3n) is 4.69. The monoisotopic (exact) mass is 467 g/mol. The van der Waals surface area contributed by atoms with Gasteiger partial charge in [-0.3, -0.25) is 19.3 Å². The summed E-state index contributed by atoms with van der Waals surface area (Å²) in [5.74, 6) is -0.650. The lowest BCUT2D eigenvalue weighted by atomic mass is 10.1.